The molecule has 2 heterocycles. The maximum absolute atomic E-state index is 13.8. The summed E-state index contributed by atoms with van der Waals surface area (Å²) in [6, 6.07) is 16.1. The van der Waals surface area contributed by atoms with Gasteiger partial charge in [-0.3, -0.25) is 0 Å². The second kappa shape index (κ2) is 7.24. The molecule has 0 radical (unpaired) electrons. The quantitative estimate of drug-likeness (QED) is 0.392. The van der Waals surface area contributed by atoms with Crippen LogP contribution in [0.4, 0.5) is 16.0 Å². The molecule has 0 saturated heterocycles. The Labute approximate surface area is 163 Å². The first-order valence-corrected chi connectivity index (χ1v) is 8.66. The molecular formula is C19H13ClFN5O2. The summed E-state index contributed by atoms with van der Waals surface area (Å²) in [6.45, 7) is 0. The molecule has 0 amide bonds. The minimum atomic E-state index is -0.558. The van der Waals surface area contributed by atoms with Gasteiger partial charge in [0.05, 0.1) is 6.04 Å². The number of nitrogens with zero attached hydrogens (tertiary/aromatic N) is 4. The molecule has 7 nitrogen and oxygen atoms in total. The maximum Gasteiger partial charge on any atom is 0.368 e. The highest BCUT2D eigenvalue weighted by molar-refractivity contribution is 6.30. The fourth-order valence-electron chi connectivity index (χ4n) is 2.94. The molecule has 0 aliphatic heterocycles. The van der Waals surface area contributed by atoms with E-state index >= 15 is 0 Å². The molecule has 0 saturated carbocycles. The zero-order valence-corrected chi connectivity index (χ0v) is 15.0. The lowest BCUT2D eigenvalue weighted by molar-refractivity contribution is -0.391. The van der Waals surface area contributed by atoms with Gasteiger partial charge in [0.25, 0.3) is 0 Å². The first kappa shape index (κ1) is 17.9. The Morgan fingerprint density at radius 3 is 2.57 bits per heavy atom. The van der Waals surface area contributed by atoms with Crippen LogP contribution in [0.1, 0.15) is 17.2 Å². The monoisotopic (exact) mass is 397 g/mol. The molecule has 4 aromatic rings. The van der Waals surface area contributed by atoms with E-state index in [0.717, 1.165) is 16.3 Å². The van der Waals surface area contributed by atoms with Gasteiger partial charge in [-0.1, -0.05) is 45.5 Å². The largest absolute Gasteiger partial charge is 0.368 e. The number of fused-ring (bicyclic) bond motifs is 1. The summed E-state index contributed by atoms with van der Waals surface area (Å²) in [5.74, 6) is -0.258. The van der Waals surface area contributed by atoms with Crippen LogP contribution in [0.25, 0.3) is 5.65 Å². The van der Waals surface area contributed by atoms with Crippen molar-refractivity contribution in [3.8, 4) is 0 Å². The van der Waals surface area contributed by atoms with Gasteiger partial charge in [0.1, 0.15) is 12.0 Å². The molecule has 0 bridgehead atoms. The van der Waals surface area contributed by atoms with E-state index in [1.165, 1.54) is 12.1 Å². The van der Waals surface area contributed by atoms with Crippen LogP contribution in [0.3, 0.4) is 0 Å². The van der Waals surface area contributed by atoms with Gasteiger partial charge in [0.2, 0.25) is 5.65 Å². The summed E-state index contributed by atoms with van der Waals surface area (Å²) >= 11 is 6.12. The van der Waals surface area contributed by atoms with Crippen molar-refractivity contribution < 1.29 is 9.31 Å². The molecule has 2 aromatic heterocycles. The van der Waals surface area contributed by atoms with Crippen LogP contribution < -0.4 is 5.32 Å². The van der Waals surface area contributed by atoms with Gasteiger partial charge in [-0.15, -0.1) is 0 Å². The van der Waals surface area contributed by atoms with Gasteiger partial charge in [-0.05, 0) is 46.4 Å². The number of nitro groups is 1. The molecule has 9 heteroatoms. The molecule has 1 atom stereocenters. The van der Waals surface area contributed by atoms with Gasteiger partial charge < -0.3 is 15.4 Å². The normalized spacial score (nSPS) is 12.1. The van der Waals surface area contributed by atoms with Gasteiger partial charge in [-0.2, -0.15) is 0 Å². The molecular weight excluding hydrogens is 385 g/mol. The van der Waals surface area contributed by atoms with Crippen LogP contribution in [0.15, 0.2) is 66.9 Å². The molecule has 2 aromatic carbocycles. The fraction of sp³-hybridized carbons (Fsp3) is 0.0526. The Balaban J connectivity index is 1.78. The lowest BCUT2D eigenvalue weighted by Crippen LogP contribution is -2.14. The average molecular weight is 398 g/mol. The topological polar surface area (TPSA) is 85.4 Å². The van der Waals surface area contributed by atoms with E-state index in [4.69, 9.17) is 11.6 Å². The van der Waals surface area contributed by atoms with Crippen molar-refractivity contribution in [3.05, 3.63) is 98.9 Å². The zero-order chi connectivity index (χ0) is 19.7. The van der Waals surface area contributed by atoms with Crippen molar-refractivity contribution in [2.75, 3.05) is 5.32 Å². The minimum absolute atomic E-state index is 0.247. The van der Waals surface area contributed by atoms with Crippen molar-refractivity contribution >= 4 is 28.9 Å². The third-order valence-corrected chi connectivity index (χ3v) is 4.42. The molecule has 1 N–H and O–H groups in total. The lowest BCUT2D eigenvalue weighted by atomic mass is 9.98. The summed E-state index contributed by atoms with van der Waals surface area (Å²) in [5, 5.41) is 19.2. The Hall–Kier alpha value is -3.52. The van der Waals surface area contributed by atoms with E-state index in [1.807, 2.05) is 6.07 Å². The van der Waals surface area contributed by atoms with Gasteiger partial charge in [0, 0.05) is 11.1 Å². The minimum Gasteiger partial charge on any atom is -0.358 e. The summed E-state index contributed by atoms with van der Waals surface area (Å²) in [5.41, 5.74) is 1.80. The van der Waals surface area contributed by atoms with Crippen LogP contribution in [0.2, 0.25) is 5.02 Å². The number of anilines is 1. The van der Waals surface area contributed by atoms with E-state index in [1.54, 1.807) is 42.5 Å². The number of nitrogens with one attached hydrogen (secondary N) is 1. The van der Waals surface area contributed by atoms with E-state index < -0.39 is 11.0 Å². The fourth-order valence-corrected chi connectivity index (χ4v) is 3.14. The molecule has 140 valence electrons. The number of halogens is 2. The number of imidazole rings is 1. The predicted octanol–water partition coefficient (Wildman–Crippen LogP) is 4.63. The van der Waals surface area contributed by atoms with Gasteiger partial charge in [-0.25, -0.2) is 9.37 Å². The summed E-state index contributed by atoms with van der Waals surface area (Å²) in [4.78, 5) is 14.6. The molecule has 0 aliphatic carbocycles. The summed E-state index contributed by atoms with van der Waals surface area (Å²) in [7, 11) is 0. The standard InChI is InChI=1S/C19H13ClFN5O2/c20-14-5-1-3-12(9-14)19(13-4-2-6-15(21)10-13)23-16-7-8-17-22-11-18(26(27)28)25(17)24-16/h1-11,19H,(H,23,24). The number of benzene rings is 2. The summed E-state index contributed by atoms with van der Waals surface area (Å²) < 4.78 is 15.0. The predicted molar refractivity (Wildman–Crippen MR) is 103 cm³/mol. The van der Waals surface area contributed by atoms with Crippen molar-refractivity contribution in [1.82, 2.24) is 14.6 Å². The van der Waals surface area contributed by atoms with Gasteiger partial charge in [0.15, 0.2) is 5.82 Å². The molecule has 28 heavy (non-hydrogen) atoms. The van der Waals surface area contributed by atoms with Crippen LogP contribution in [-0.2, 0) is 0 Å². The number of rotatable bonds is 5. The second-order valence-electron chi connectivity index (χ2n) is 6.05. The Bertz CT molecular complexity index is 1130. The first-order chi connectivity index (χ1) is 13.5. The van der Waals surface area contributed by atoms with E-state index in [-0.39, 0.29) is 11.6 Å². The number of aromatic nitrogens is 3. The molecule has 1 unspecified atom stereocenters. The Kier molecular flexibility index (Phi) is 4.62. The van der Waals surface area contributed by atoms with E-state index in [0.29, 0.717) is 22.1 Å². The Morgan fingerprint density at radius 1 is 1.11 bits per heavy atom. The highest BCUT2D eigenvalue weighted by Gasteiger charge is 2.19. The molecule has 0 aliphatic rings. The van der Waals surface area contributed by atoms with Crippen LogP contribution >= 0.6 is 11.6 Å². The second-order valence-corrected chi connectivity index (χ2v) is 6.49. The highest BCUT2D eigenvalue weighted by atomic mass is 35.5. The maximum atomic E-state index is 13.8. The zero-order valence-electron chi connectivity index (χ0n) is 14.3. The average Bonchev–Trinajstić information content (AvgIpc) is 3.09. The van der Waals surface area contributed by atoms with Crippen molar-refractivity contribution in [1.29, 1.82) is 0 Å². The lowest BCUT2D eigenvalue weighted by Gasteiger charge is -2.20. The van der Waals surface area contributed by atoms with Crippen molar-refractivity contribution in [2.24, 2.45) is 0 Å². The van der Waals surface area contributed by atoms with Crippen LogP contribution in [0.5, 0.6) is 0 Å². The van der Waals surface area contributed by atoms with Crippen LogP contribution in [0, 0.1) is 15.9 Å². The third-order valence-electron chi connectivity index (χ3n) is 4.19. The number of hydrogen-bond acceptors (Lipinski definition) is 5. The van der Waals surface area contributed by atoms with Crippen molar-refractivity contribution in [2.45, 2.75) is 6.04 Å². The van der Waals surface area contributed by atoms with Crippen LogP contribution in [-0.4, -0.2) is 19.5 Å². The highest BCUT2D eigenvalue weighted by Crippen LogP contribution is 2.28. The molecule has 0 fully saturated rings. The Morgan fingerprint density at radius 2 is 1.86 bits per heavy atom. The summed E-state index contributed by atoms with van der Waals surface area (Å²) in [6.07, 6.45) is 1.15. The van der Waals surface area contributed by atoms with E-state index in [9.17, 15) is 14.5 Å². The smallest absolute Gasteiger partial charge is 0.358 e. The van der Waals surface area contributed by atoms with Crippen molar-refractivity contribution in [3.63, 3.8) is 0 Å². The molecule has 0 spiro atoms. The van der Waals surface area contributed by atoms with E-state index in [2.05, 4.69) is 15.4 Å². The molecule has 4 rings (SSSR count). The van der Waals surface area contributed by atoms with Gasteiger partial charge >= 0.3 is 5.82 Å². The SMILES string of the molecule is O=[N+]([O-])c1cnc2ccc(NC(c3cccc(F)c3)c3cccc(Cl)c3)nn12. The third kappa shape index (κ3) is 3.49. The first-order valence-electron chi connectivity index (χ1n) is 8.28. The number of hydrogen-bond donors (Lipinski definition) is 1.